The van der Waals surface area contributed by atoms with E-state index < -0.39 is 0 Å². The van der Waals surface area contributed by atoms with Gasteiger partial charge in [0.25, 0.3) is 0 Å². The second-order valence-corrected chi connectivity index (χ2v) is 5.80. The summed E-state index contributed by atoms with van der Waals surface area (Å²) in [7, 11) is 3.14. The molecular weight excluding hydrogens is 330 g/mol. The van der Waals surface area contributed by atoms with Gasteiger partial charge in [0.1, 0.15) is 4.62 Å². The molecule has 3 N–H and O–H groups in total. The summed E-state index contributed by atoms with van der Waals surface area (Å²) in [5.41, 5.74) is 7.12. The molecule has 1 aliphatic rings. The highest BCUT2D eigenvalue weighted by Crippen LogP contribution is 2.33. The summed E-state index contributed by atoms with van der Waals surface area (Å²) in [5.74, 6) is 1.65. The van der Waals surface area contributed by atoms with Crippen LogP contribution in [0.5, 0.6) is 5.75 Å². The van der Waals surface area contributed by atoms with Crippen LogP contribution >= 0.6 is 15.9 Å². The SMILES string of the molecule is CCCC1CC1.CN=C(Br)C(=N)c1cccc(N)c1OC. The minimum Gasteiger partial charge on any atom is -0.494 e. The Morgan fingerprint density at radius 1 is 1.48 bits per heavy atom. The normalized spacial score (nSPS) is 14.2. The fourth-order valence-electron chi connectivity index (χ4n) is 2.02. The van der Waals surface area contributed by atoms with Crippen molar-refractivity contribution in [1.29, 1.82) is 5.41 Å². The molecular formula is C16H24BrN3O. The van der Waals surface area contributed by atoms with E-state index in [0.717, 1.165) is 5.92 Å². The number of methoxy groups -OCH3 is 1. The number of nitrogens with two attached hydrogens (primary N) is 1. The van der Waals surface area contributed by atoms with Crippen molar-refractivity contribution in [3.63, 3.8) is 0 Å². The van der Waals surface area contributed by atoms with Crippen LogP contribution in [0, 0.1) is 11.3 Å². The molecule has 0 radical (unpaired) electrons. The van der Waals surface area contributed by atoms with Crippen LogP contribution in [-0.4, -0.2) is 24.5 Å². The van der Waals surface area contributed by atoms with Gasteiger partial charge >= 0.3 is 0 Å². The van der Waals surface area contributed by atoms with Crippen molar-refractivity contribution in [1.82, 2.24) is 0 Å². The molecule has 1 aromatic rings. The molecule has 0 amide bonds. The van der Waals surface area contributed by atoms with Gasteiger partial charge in [-0.3, -0.25) is 10.4 Å². The fourth-order valence-corrected chi connectivity index (χ4v) is 2.23. The van der Waals surface area contributed by atoms with Crippen molar-refractivity contribution < 1.29 is 4.74 Å². The zero-order valence-corrected chi connectivity index (χ0v) is 14.5. The van der Waals surface area contributed by atoms with Crippen LogP contribution in [-0.2, 0) is 0 Å². The molecule has 0 atom stereocenters. The number of nitrogens with one attached hydrogen (secondary N) is 1. The quantitative estimate of drug-likeness (QED) is 0.612. The lowest BCUT2D eigenvalue weighted by atomic mass is 10.1. The maximum atomic E-state index is 7.86. The van der Waals surface area contributed by atoms with E-state index >= 15 is 0 Å². The summed E-state index contributed by atoms with van der Waals surface area (Å²) < 4.78 is 5.61. The summed E-state index contributed by atoms with van der Waals surface area (Å²) in [6.45, 7) is 2.26. The van der Waals surface area contributed by atoms with Crippen molar-refractivity contribution in [2.75, 3.05) is 19.9 Å². The Labute approximate surface area is 135 Å². The molecule has 0 bridgehead atoms. The van der Waals surface area contributed by atoms with Crippen LogP contribution in [0.3, 0.4) is 0 Å². The van der Waals surface area contributed by atoms with Gasteiger partial charge in [-0.1, -0.05) is 38.7 Å². The first kappa shape index (κ1) is 17.7. The molecule has 0 aliphatic heterocycles. The zero-order valence-electron chi connectivity index (χ0n) is 12.9. The van der Waals surface area contributed by atoms with Crippen molar-refractivity contribution >= 4 is 31.9 Å². The van der Waals surface area contributed by atoms with Crippen LogP contribution in [0.15, 0.2) is 23.2 Å². The van der Waals surface area contributed by atoms with Gasteiger partial charge in [-0.25, -0.2) is 0 Å². The van der Waals surface area contributed by atoms with E-state index in [1.807, 2.05) is 0 Å². The van der Waals surface area contributed by atoms with E-state index in [9.17, 15) is 0 Å². The van der Waals surface area contributed by atoms with Gasteiger partial charge < -0.3 is 10.5 Å². The third-order valence-corrected chi connectivity index (χ3v) is 4.07. The van der Waals surface area contributed by atoms with E-state index in [0.29, 0.717) is 21.6 Å². The van der Waals surface area contributed by atoms with E-state index in [2.05, 4.69) is 27.8 Å². The molecule has 116 valence electrons. The number of anilines is 1. The van der Waals surface area contributed by atoms with Crippen LogP contribution in [0.1, 0.15) is 38.2 Å². The van der Waals surface area contributed by atoms with Crippen molar-refractivity contribution in [2.45, 2.75) is 32.6 Å². The largest absolute Gasteiger partial charge is 0.494 e. The topological polar surface area (TPSA) is 71.5 Å². The molecule has 0 unspecified atom stereocenters. The molecule has 0 heterocycles. The number of ether oxygens (including phenoxy) is 1. The third-order valence-electron chi connectivity index (χ3n) is 3.32. The van der Waals surface area contributed by atoms with Crippen LogP contribution in [0.25, 0.3) is 0 Å². The van der Waals surface area contributed by atoms with Gasteiger partial charge in [-0.05, 0) is 34.0 Å². The molecule has 0 aromatic heterocycles. The van der Waals surface area contributed by atoms with E-state index in [-0.39, 0.29) is 5.71 Å². The predicted octanol–water partition coefficient (Wildman–Crippen LogP) is 4.26. The van der Waals surface area contributed by atoms with Gasteiger partial charge in [-0.2, -0.15) is 0 Å². The molecule has 0 saturated heterocycles. The van der Waals surface area contributed by atoms with Crippen molar-refractivity contribution in [3.8, 4) is 5.75 Å². The smallest absolute Gasteiger partial charge is 0.151 e. The standard InChI is InChI=1S/C10H12BrN3O.C6H12/c1-14-10(11)8(13)6-4-3-5-7(12)9(6)15-2;1-2-3-6-4-5-6/h3-5,13H,12H2,1-2H3;6H,2-5H2,1H3. The molecule has 5 heteroatoms. The highest BCUT2D eigenvalue weighted by Gasteiger charge is 2.18. The number of para-hydroxylation sites is 1. The molecule has 0 spiro atoms. The second-order valence-electron chi connectivity index (χ2n) is 5.05. The molecule has 4 nitrogen and oxygen atoms in total. The third kappa shape index (κ3) is 5.50. The monoisotopic (exact) mass is 353 g/mol. The van der Waals surface area contributed by atoms with E-state index in [1.165, 1.54) is 32.8 Å². The number of nitrogen functional groups attached to an aromatic ring is 1. The first-order valence-electron chi connectivity index (χ1n) is 7.19. The summed E-state index contributed by atoms with van der Waals surface area (Å²) in [4.78, 5) is 3.88. The number of hydrogen-bond donors (Lipinski definition) is 2. The van der Waals surface area contributed by atoms with Crippen LogP contribution in [0.4, 0.5) is 5.69 Å². The lowest BCUT2D eigenvalue weighted by Crippen LogP contribution is -2.10. The van der Waals surface area contributed by atoms with Crippen LogP contribution in [0.2, 0.25) is 0 Å². The van der Waals surface area contributed by atoms with Gasteiger partial charge in [0, 0.05) is 12.6 Å². The molecule has 2 rings (SSSR count). The number of hydrogen-bond acceptors (Lipinski definition) is 4. The average molecular weight is 354 g/mol. The minimum atomic E-state index is 0.252. The maximum Gasteiger partial charge on any atom is 0.151 e. The highest BCUT2D eigenvalue weighted by atomic mass is 79.9. The Balaban J connectivity index is 0.000000304. The Kier molecular flexibility index (Phi) is 7.43. The van der Waals surface area contributed by atoms with Crippen molar-refractivity contribution in [3.05, 3.63) is 23.8 Å². The molecule has 1 aliphatic carbocycles. The van der Waals surface area contributed by atoms with Gasteiger partial charge in [0.05, 0.1) is 18.5 Å². The Hall–Kier alpha value is -1.36. The first-order chi connectivity index (χ1) is 10.0. The lowest BCUT2D eigenvalue weighted by molar-refractivity contribution is 0.416. The summed E-state index contributed by atoms with van der Waals surface area (Å²) >= 11 is 3.20. The number of aliphatic imine (C=N–C) groups is 1. The number of rotatable bonds is 5. The van der Waals surface area contributed by atoms with E-state index in [4.69, 9.17) is 15.9 Å². The molecule has 1 saturated carbocycles. The Morgan fingerprint density at radius 2 is 2.14 bits per heavy atom. The Morgan fingerprint density at radius 3 is 2.57 bits per heavy atom. The summed E-state index contributed by atoms with van der Waals surface area (Å²) in [6.07, 6.45) is 5.92. The highest BCUT2D eigenvalue weighted by molar-refractivity contribution is 9.19. The second kappa shape index (κ2) is 8.82. The summed E-state index contributed by atoms with van der Waals surface area (Å²) in [5, 5.41) is 7.86. The zero-order chi connectivity index (χ0) is 15.8. The first-order valence-corrected chi connectivity index (χ1v) is 7.98. The van der Waals surface area contributed by atoms with Gasteiger partial charge in [-0.15, -0.1) is 0 Å². The van der Waals surface area contributed by atoms with E-state index in [1.54, 1.807) is 25.2 Å². The molecule has 1 aromatic carbocycles. The number of halogens is 1. The fraction of sp³-hybridized carbons (Fsp3) is 0.500. The summed E-state index contributed by atoms with van der Waals surface area (Å²) in [6, 6.07) is 5.27. The van der Waals surface area contributed by atoms with Gasteiger partial charge in [0.15, 0.2) is 5.75 Å². The van der Waals surface area contributed by atoms with Crippen LogP contribution < -0.4 is 10.5 Å². The number of benzene rings is 1. The molecule has 21 heavy (non-hydrogen) atoms. The molecule has 1 fully saturated rings. The maximum absolute atomic E-state index is 7.86. The average Bonchev–Trinajstić information content (AvgIpc) is 3.30. The Bertz CT molecular complexity index is 510. The van der Waals surface area contributed by atoms with Gasteiger partial charge in [0.2, 0.25) is 0 Å². The minimum absolute atomic E-state index is 0.252. The lowest BCUT2D eigenvalue weighted by Gasteiger charge is -2.10. The predicted molar refractivity (Wildman–Crippen MR) is 94.2 cm³/mol. The van der Waals surface area contributed by atoms with Crippen molar-refractivity contribution in [2.24, 2.45) is 10.9 Å². The number of nitrogens with zero attached hydrogens (tertiary/aromatic N) is 1.